The summed E-state index contributed by atoms with van der Waals surface area (Å²) in [6.45, 7) is 7.14. The number of benzene rings is 1. The quantitative estimate of drug-likeness (QED) is 0.614. The number of unbranched alkanes of at least 4 members (excludes halogenated alkanes) is 1. The summed E-state index contributed by atoms with van der Waals surface area (Å²) in [4.78, 5) is 2.48. The van der Waals surface area contributed by atoms with Gasteiger partial charge in [0.05, 0.1) is 11.4 Å². The maximum atomic E-state index is 3.78. The van der Waals surface area contributed by atoms with Crippen molar-refractivity contribution >= 4 is 11.4 Å². The van der Waals surface area contributed by atoms with Crippen molar-refractivity contribution < 1.29 is 0 Å². The molecule has 0 spiro atoms. The van der Waals surface area contributed by atoms with E-state index in [2.05, 4.69) is 41.1 Å². The number of hydrogen-bond acceptors (Lipinski definition) is 2. The number of hydrogen-bond donors (Lipinski definition) is 1. The van der Waals surface area contributed by atoms with Gasteiger partial charge in [0.15, 0.2) is 0 Å². The van der Waals surface area contributed by atoms with E-state index in [0.717, 1.165) is 26.1 Å². The highest BCUT2D eigenvalue weighted by atomic mass is 15.2. The van der Waals surface area contributed by atoms with Gasteiger partial charge in [-0.15, -0.1) is 6.58 Å². The Kier molecular flexibility index (Phi) is 3.86. The topological polar surface area (TPSA) is 15.3 Å². The maximum Gasteiger partial charge on any atom is 0.0602 e. The van der Waals surface area contributed by atoms with Crippen LogP contribution in [0.3, 0.4) is 0 Å². The zero-order valence-electron chi connectivity index (χ0n) is 9.78. The van der Waals surface area contributed by atoms with Gasteiger partial charge < -0.3 is 10.2 Å². The standard InChI is InChI=1S/C14H20N2/c1-2-3-6-11-16-12-7-10-15-13-8-4-5-9-14(13)16/h2,4-5,8-9,15H,1,3,6-7,10-12H2. The molecule has 2 nitrogen and oxygen atoms in total. The van der Waals surface area contributed by atoms with Crippen LogP contribution in [0.1, 0.15) is 19.3 Å². The third-order valence-corrected chi connectivity index (χ3v) is 3.00. The minimum Gasteiger partial charge on any atom is -0.383 e. The lowest BCUT2D eigenvalue weighted by Gasteiger charge is -2.24. The lowest BCUT2D eigenvalue weighted by Crippen LogP contribution is -2.24. The molecule has 1 heterocycles. The predicted octanol–water partition coefficient (Wildman–Crippen LogP) is 3.27. The van der Waals surface area contributed by atoms with E-state index in [1.807, 2.05) is 6.08 Å². The number of nitrogens with one attached hydrogen (secondary N) is 1. The molecule has 0 aliphatic carbocycles. The fraction of sp³-hybridized carbons (Fsp3) is 0.429. The molecule has 0 saturated heterocycles. The van der Waals surface area contributed by atoms with E-state index in [1.165, 1.54) is 24.2 Å². The first-order valence-corrected chi connectivity index (χ1v) is 6.10. The van der Waals surface area contributed by atoms with Gasteiger partial charge >= 0.3 is 0 Å². The molecular weight excluding hydrogens is 196 g/mol. The molecule has 2 rings (SSSR count). The van der Waals surface area contributed by atoms with Crippen molar-refractivity contribution in [1.82, 2.24) is 0 Å². The molecule has 0 amide bonds. The summed E-state index contributed by atoms with van der Waals surface area (Å²) in [5.74, 6) is 0. The lowest BCUT2D eigenvalue weighted by molar-refractivity contribution is 0.722. The molecule has 0 bridgehead atoms. The molecule has 86 valence electrons. The Morgan fingerprint density at radius 1 is 1.38 bits per heavy atom. The Balaban J connectivity index is 2.09. The SMILES string of the molecule is C=CCCCN1CCCNc2ccccc21. The van der Waals surface area contributed by atoms with Crippen LogP contribution in [0.4, 0.5) is 11.4 Å². The molecule has 0 atom stereocenters. The third kappa shape index (κ3) is 2.57. The lowest BCUT2D eigenvalue weighted by atomic mass is 10.2. The Morgan fingerprint density at radius 3 is 3.12 bits per heavy atom. The van der Waals surface area contributed by atoms with E-state index >= 15 is 0 Å². The number of nitrogens with zero attached hydrogens (tertiary/aromatic N) is 1. The predicted molar refractivity (Wildman–Crippen MR) is 71.2 cm³/mol. The summed E-state index contributed by atoms with van der Waals surface area (Å²) < 4.78 is 0. The number of fused-ring (bicyclic) bond motifs is 1. The van der Waals surface area contributed by atoms with Gasteiger partial charge in [-0.1, -0.05) is 18.2 Å². The zero-order valence-corrected chi connectivity index (χ0v) is 9.78. The monoisotopic (exact) mass is 216 g/mol. The fourth-order valence-electron chi connectivity index (χ4n) is 2.17. The molecular formula is C14H20N2. The van der Waals surface area contributed by atoms with Crippen molar-refractivity contribution in [3.8, 4) is 0 Å². The summed E-state index contributed by atoms with van der Waals surface area (Å²) in [7, 11) is 0. The third-order valence-electron chi connectivity index (χ3n) is 3.00. The van der Waals surface area contributed by atoms with Crippen LogP contribution in [0, 0.1) is 0 Å². The van der Waals surface area contributed by atoms with Crippen LogP contribution >= 0.6 is 0 Å². The molecule has 1 aliphatic heterocycles. The number of rotatable bonds is 4. The Morgan fingerprint density at radius 2 is 2.25 bits per heavy atom. The van der Waals surface area contributed by atoms with Crippen LogP contribution in [-0.4, -0.2) is 19.6 Å². The van der Waals surface area contributed by atoms with E-state index < -0.39 is 0 Å². The second-order valence-corrected chi connectivity index (χ2v) is 4.22. The number of para-hydroxylation sites is 2. The second-order valence-electron chi connectivity index (χ2n) is 4.22. The highest BCUT2D eigenvalue weighted by Gasteiger charge is 2.13. The summed E-state index contributed by atoms with van der Waals surface area (Å²) >= 11 is 0. The van der Waals surface area contributed by atoms with Gasteiger partial charge in [0.25, 0.3) is 0 Å². The smallest absolute Gasteiger partial charge is 0.0602 e. The first kappa shape index (κ1) is 11.1. The summed E-state index contributed by atoms with van der Waals surface area (Å²) in [5.41, 5.74) is 2.63. The van der Waals surface area contributed by atoms with E-state index in [9.17, 15) is 0 Å². The molecule has 16 heavy (non-hydrogen) atoms. The highest BCUT2D eigenvalue weighted by Crippen LogP contribution is 2.27. The van der Waals surface area contributed by atoms with Crippen molar-refractivity contribution in [2.45, 2.75) is 19.3 Å². The minimum absolute atomic E-state index is 1.08. The van der Waals surface area contributed by atoms with Crippen LogP contribution < -0.4 is 10.2 Å². The minimum atomic E-state index is 1.08. The Labute approximate surface area is 98.0 Å². The average molecular weight is 216 g/mol. The van der Waals surface area contributed by atoms with Gasteiger partial charge in [-0.05, 0) is 31.4 Å². The van der Waals surface area contributed by atoms with Crippen LogP contribution in [0.15, 0.2) is 36.9 Å². The molecule has 2 heteroatoms. The van der Waals surface area contributed by atoms with E-state index in [1.54, 1.807) is 0 Å². The molecule has 0 fully saturated rings. The summed E-state index contributed by atoms with van der Waals surface area (Å²) in [5, 5.41) is 3.48. The average Bonchev–Trinajstić information content (AvgIpc) is 2.52. The van der Waals surface area contributed by atoms with Crippen LogP contribution in [0.5, 0.6) is 0 Å². The second kappa shape index (κ2) is 5.59. The zero-order chi connectivity index (χ0) is 11.2. The first-order chi connectivity index (χ1) is 7.92. The van der Waals surface area contributed by atoms with Crippen LogP contribution in [-0.2, 0) is 0 Å². The van der Waals surface area contributed by atoms with Crippen molar-refractivity contribution in [3.63, 3.8) is 0 Å². The van der Waals surface area contributed by atoms with Gasteiger partial charge in [-0.25, -0.2) is 0 Å². The van der Waals surface area contributed by atoms with Gasteiger partial charge in [-0.3, -0.25) is 0 Å². The van der Waals surface area contributed by atoms with Crippen molar-refractivity contribution in [2.75, 3.05) is 29.9 Å². The van der Waals surface area contributed by atoms with Gasteiger partial charge in [0, 0.05) is 19.6 Å². The molecule has 1 aromatic carbocycles. The van der Waals surface area contributed by atoms with Crippen LogP contribution in [0.25, 0.3) is 0 Å². The number of anilines is 2. The molecule has 1 aliphatic rings. The molecule has 0 saturated carbocycles. The molecule has 1 aromatic rings. The van der Waals surface area contributed by atoms with E-state index in [0.29, 0.717) is 0 Å². The molecule has 1 N–H and O–H groups in total. The van der Waals surface area contributed by atoms with Crippen molar-refractivity contribution in [1.29, 1.82) is 0 Å². The van der Waals surface area contributed by atoms with E-state index in [4.69, 9.17) is 0 Å². The molecule has 0 radical (unpaired) electrons. The largest absolute Gasteiger partial charge is 0.383 e. The molecule has 0 unspecified atom stereocenters. The molecule has 0 aromatic heterocycles. The Bertz CT molecular complexity index is 346. The maximum absolute atomic E-state index is 3.78. The normalized spacial score (nSPS) is 14.9. The summed E-state index contributed by atoms with van der Waals surface area (Å²) in [6.07, 6.45) is 5.51. The van der Waals surface area contributed by atoms with E-state index in [-0.39, 0.29) is 0 Å². The Hall–Kier alpha value is -1.44. The highest BCUT2D eigenvalue weighted by molar-refractivity contribution is 5.70. The fourth-order valence-corrected chi connectivity index (χ4v) is 2.17. The van der Waals surface area contributed by atoms with Crippen molar-refractivity contribution in [2.24, 2.45) is 0 Å². The van der Waals surface area contributed by atoms with Gasteiger partial charge in [0.1, 0.15) is 0 Å². The summed E-state index contributed by atoms with van der Waals surface area (Å²) in [6, 6.07) is 8.59. The van der Waals surface area contributed by atoms with Crippen LogP contribution in [0.2, 0.25) is 0 Å². The number of allylic oxidation sites excluding steroid dienone is 1. The van der Waals surface area contributed by atoms with Gasteiger partial charge in [0.2, 0.25) is 0 Å². The van der Waals surface area contributed by atoms with Crippen molar-refractivity contribution in [3.05, 3.63) is 36.9 Å². The van der Waals surface area contributed by atoms with Gasteiger partial charge in [-0.2, -0.15) is 0 Å². The first-order valence-electron chi connectivity index (χ1n) is 6.10.